The van der Waals surface area contributed by atoms with Gasteiger partial charge in [-0.1, -0.05) is 0 Å². The average Bonchev–Trinajstić information content (AvgIpc) is 2.62. The molecule has 22 heavy (non-hydrogen) atoms. The molecule has 0 aromatic heterocycles. The van der Waals surface area contributed by atoms with Gasteiger partial charge in [0.25, 0.3) is 0 Å². The van der Waals surface area contributed by atoms with Gasteiger partial charge >= 0.3 is 7.12 Å². The van der Waals surface area contributed by atoms with Crippen LogP contribution in [0.3, 0.4) is 0 Å². The topological polar surface area (TPSA) is 47.6 Å². The number of hydrogen-bond donors (Lipinski definition) is 1. The average molecular weight is 311 g/mol. The summed E-state index contributed by atoms with van der Waals surface area (Å²) in [4.78, 5) is 11.3. The quantitative estimate of drug-likeness (QED) is 0.862. The first kappa shape index (κ1) is 16.9. The lowest BCUT2D eigenvalue weighted by molar-refractivity contribution is -0.120. The van der Waals surface area contributed by atoms with Gasteiger partial charge in [-0.25, -0.2) is 8.78 Å². The molecule has 4 nitrogen and oxygen atoms in total. The third-order valence-corrected chi connectivity index (χ3v) is 4.30. The second-order valence-electron chi connectivity index (χ2n) is 6.40. The normalized spacial score (nSPS) is 19.3. The van der Waals surface area contributed by atoms with E-state index in [1.54, 1.807) is 0 Å². The van der Waals surface area contributed by atoms with Crippen molar-refractivity contribution in [3.63, 3.8) is 0 Å². The van der Waals surface area contributed by atoms with Crippen molar-refractivity contribution in [1.82, 2.24) is 5.32 Å². The van der Waals surface area contributed by atoms with Crippen molar-refractivity contribution in [2.45, 2.75) is 45.3 Å². The predicted octanol–water partition coefficient (Wildman–Crippen LogP) is 1.55. The monoisotopic (exact) mass is 311 g/mol. The summed E-state index contributed by atoms with van der Waals surface area (Å²) < 4.78 is 39.8. The van der Waals surface area contributed by atoms with Crippen molar-refractivity contribution in [3.05, 3.63) is 29.3 Å². The van der Waals surface area contributed by atoms with Gasteiger partial charge in [-0.15, -0.1) is 0 Å². The SMILES string of the molecule is CNC(=O)Cc1cc(F)c(B2OC(C)(C)C(C)(C)O2)cc1F. The van der Waals surface area contributed by atoms with Crippen molar-refractivity contribution in [2.24, 2.45) is 0 Å². The summed E-state index contributed by atoms with van der Waals surface area (Å²) in [5, 5.41) is 2.37. The number of carbonyl (C=O) groups excluding carboxylic acids is 1. The highest BCUT2D eigenvalue weighted by molar-refractivity contribution is 6.62. The number of benzene rings is 1. The van der Waals surface area contributed by atoms with E-state index in [4.69, 9.17) is 9.31 Å². The maximum Gasteiger partial charge on any atom is 0.497 e. The Bertz CT molecular complexity index is 589. The molecule has 0 bridgehead atoms. The highest BCUT2D eigenvalue weighted by Gasteiger charge is 2.52. The molecular formula is C15H20BF2NO3. The maximum absolute atomic E-state index is 14.3. The Balaban J connectivity index is 2.31. The van der Waals surface area contributed by atoms with Gasteiger partial charge in [0.15, 0.2) is 0 Å². The van der Waals surface area contributed by atoms with Crippen LogP contribution in [-0.2, 0) is 20.5 Å². The molecule has 1 amide bonds. The number of likely N-dealkylation sites (N-methyl/N-ethyl adjacent to an activating group) is 1. The molecule has 0 saturated carbocycles. The van der Waals surface area contributed by atoms with Gasteiger partial charge in [0, 0.05) is 12.5 Å². The minimum absolute atomic E-state index is 0.00267. The van der Waals surface area contributed by atoms with E-state index in [2.05, 4.69) is 5.32 Å². The van der Waals surface area contributed by atoms with E-state index in [0.717, 1.165) is 12.1 Å². The van der Waals surface area contributed by atoms with E-state index in [1.807, 2.05) is 27.7 Å². The van der Waals surface area contributed by atoms with Gasteiger partial charge in [-0.3, -0.25) is 4.79 Å². The smallest absolute Gasteiger partial charge is 0.399 e. The van der Waals surface area contributed by atoms with E-state index in [-0.39, 0.29) is 23.4 Å². The molecule has 1 aliphatic rings. The van der Waals surface area contributed by atoms with Gasteiger partial charge in [0.1, 0.15) is 11.6 Å². The second kappa shape index (κ2) is 5.63. The zero-order valence-electron chi connectivity index (χ0n) is 13.4. The van der Waals surface area contributed by atoms with Crippen LogP contribution in [0.4, 0.5) is 8.78 Å². The summed E-state index contributed by atoms with van der Waals surface area (Å²) >= 11 is 0. The molecule has 1 aliphatic heterocycles. The molecule has 7 heteroatoms. The Kier molecular flexibility index (Phi) is 4.32. The van der Waals surface area contributed by atoms with E-state index in [1.165, 1.54) is 7.05 Å². The third-order valence-electron chi connectivity index (χ3n) is 4.30. The molecule has 0 unspecified atom stereocenters. The summed E-state index contributed by atoms with van der Waals surface area (Å²) in [6, 6.07) is 2.06. The predicted molar refractivity (Wildman–Crippen MR) is 79.8 cm³/mol. The molecule has 1 fully saturated rings. The maximum atomic E-state index is 14.3. The first-order chi connectivity index (χ1) is 10.1. The lowest BCUT2D eigenvalue weighted by atomic mass is 9.78. The van der Waals surface area contributed by atoms with E-state index < -0.39 is 30.0 Å². The standard InChI is InChI=1S/C15H20BF2NO3/c1-14(2)15(3,4)22-16(21-14)10-8-11(17)9(6-12(10)18)7-13(20)19-5/h6,8H,7H2,1-5H3,(H,19,20). The molecule has 0 aliphatic carbocycles. The number of hydrogen-bond acceptors (Lipinski definition) is 3. The number of nitrogens with one attached hydrogen (secondary N) is 1. The van der Waals surface area contributed by atoms with E-state index >= 15 is 0 Å². The Morgan fingerprint density at radius 2 is 1.68 bits per heavy atom. The Morgan fingerprint density at radius 3 is 2.18 bits per heavy atom. The summed E-state index contributed by atoms with van der Waals surface area (Å²) in [5.41, 5.74) is -1.28. The summed E-state index contributed by atoms with van der Waals surface area (Å²) in [6.07, 6.45) is -0.219. The van der Waals surface area contributed by atoms with Crippen molar-refractivity contribution in [3.8, 4) is 0 Å². The van der Waals surface area contributed by atoms with Crippen molar-refractivity contribution >= 4 is 18.5 Å². The zero-order valence-corrected chi connectivity index (χ0v) is 13.4. The van der Waals surface area contributed by atoms with E-state index in [0.29, 0.717) is 0 Å². The van der Waals surface area contributed by atoms with Crippen molar-refractivity contribution in [2.75, 3.05) is 7.05 Å². The molecular weight excluding hydrogens is 291 g/mol. The molecule has 0 atom stereocenters. The van der Waals surface area contributed by atoms with Gasteiger partial charge in [0.05, 0.1) is 17.6 Å². The molecule has 1 N–H and O–H groups in total. The highest BCUT2D eigenvalue weighted by Crippen LogP contribution is 2.36. The van der Waals surface area contributed by atoms with Crippen LogP contribution >= 0.6 is 0 Å². The molecule has 1 aromatic rings. The largest absolute Gasteiger partial charge is 0.497 e. The molecule has 1 saturated heterocycles. The molecule has 0 spiro atoms. The molecule has 120 valence electrons. The Morgan fingerprint density at radius 1 is 1.14 bits per heavy atom. The number of carbonyl (C=O) groups is 1. The summed E-state index contributed by atoms with van der Waals surface area (Å²) in [7, 11) is 0.462. The Labute approximate surface area is 129 Å². The number of amides is 1. The minimum atomic E-state index is -0.978. The first-order valence-electron chi connectivity index (χ1n) is 7.11. The van der Waals surface area contributed by atoms with Gasteiger partial charge in [-0.05, 0) is 45.4 Å². The van der Waals surface area contributed by atoms with Crippen LogP contribution in [-0.4, -0.2) is 31.3 Å². The summed E-state index contributed by atoms with van der Waals surface area (Å²) in [6.45, 7) is 7.34. The molecule has 1 heterocycles. The minimum Gasteiger partial charge on any atom is -0.399 e. The van der Waals surface area contributed by atoms with Crippen molar-refractivity contribution < 1.29 is 22.9 Å². The van der Waals surface area contributed by atoms with Crippen molar-refractivity contribution in [1.29, 1.82) is 0 Å². The van der Waals surface area contributed by atoms with Crippen LogP contribution < -0.4 is 10.8 Å². The molecule has 0 radical (unpaired) electrons. The number of rotatable bonds is 3. The lowest BCUT2D eigenvalue weighted by Crippen LogP contribution is -2.41. The van der Waals surface area contributed by atoms with Crippen LogP contribution in [0.15, 0.2) is 12.1 Å². The van der Waals surface area contributed by atoms with Gasteiger partial charge in [0.2, 0.25) is 5.91 Å². The van der Waals surface area contributed by atoms with Gasteiger partial charge < -0.3 is 14.6 Å². The van der Waals surface area contributed by atoms with Gasteiger partial charge in [-0.2, -0.15) is 0 Å². The fourth-order valence-electron chi connectivity index (χ4n) is 2.15. The van der Waals surface area contributed by atoms with Crippen LogP contribution in [0.1, 0.15) is 33.3 Å². The van der Waals surface area contributed by atoms with Crippen LogP contribution in [0.2, 0.25) is 0 Å². The lowest BCUT2D eigenvalue weighted by Gasteiger charge is -2.32. The highest BCUT2D eigenvalue weighted by atomic mass is 19.1. The van der Waals surface area contributed by atoms with Crippen LogP contribution in [0.5, 0.6) is 0 Å². The van der Waals surface area contributed by atoms with E-state index in [9.17, 15) is 13.6 Å². The third kappa shape index (κ3) is 3.01. The molecule has 1 aromatic carbocycles. The Hall–Kier alpha value is -1.47. The van der Waals surface area contributed by atoms with Crippen LogP contribution in [0, 0.1) is 11.6 Å². The van der Waals surface area contributed by atoms with Crippen LogP contribution in [0.25, 0.3) is 0 Å². The molecule has 2 rings (SSSR count). The summed E-state index contributed by atoms with van der Waals surface area (Å²) in [5.74, 6) is -1.70. The number of halogens is 2. The first-order valence-corrected chi connectivity index (χ1v) is 7.11. The second-order valence-corrected chi connectivity index (χ2v) is 6.40. The zero-order chi connectivity index (χ0) is 16.7. The fraction of sp³-hybridized carbons (Fsp3) is 0.533. The fourth-order valence-corrected chi connectivity index (χ4v) is 2.15.